The number of amides is 1. The van der Waals surface area contributed by atoms with E-state index in [4.69, 9.17) is 32.4 Å². The third-order valence-corrected chi connectivity index (χ3v) is 6.49. The molecule has 4 rings (SSSR count). The van der Waals surface area contributed by atoms with Crippen LogP contribution in [0.1, 0.15) is 34.8 Å². The number of rotatable bonds is 8. The number of likely N-dealkylation sites (tertiary alicyclic amines) is 1. The number of carbonyl (C=O) groups is 1. The van der Waals surface area contributed by atoms with Crippen LogP contribution >= 0.6 is 23.2 Å². The number of benzene rings is 1. The molecule has 1 aromatic heterocycles. The summed E-state index contributed by atoms with van der Waals surface area (Å²) in [4.78, 5) is 23.6. The second kappa shape index (κ2) is 10.8. The van der Waals surface area contributed by atoms with E-state index in [1.54, 1.807) is 0 Å². The number of oxazole rings is 1. The minimum atomic E-state index is -0.0446. The SMILES string of the molecule is O=C(c1coc(CN(CCN2CCOCC2)Cc2ccc(Cl)c(Cl)c2)n1)N1CCCC1. The van der Waals surface area contributed by atoms with Gasteiger partial charge in [0.2, 0.25) is 5.89 Å². The summed E-state index contributed by atoms with van der Waals surface area (Å²) < 4.78 is 11.1. The van der Waals surface area contributed by atoms with Crippen LogP contribution < -0.4 is 0 Å². The fraction of sp³-hybridized carbons (Fsp3) is 0.545. The van der Waals surface area contributed by atoms with Crippen LogP contribution in [-0.4, -0.2) is 78.1 Å². The number of nitrogens with zero attached hydrogens (tertiary/aromatic N) is 4. The molecule has 2 aliphatic heterocycles. The molecule has 1 amide bonds. The lowest BCUT2D eigenvalue weighted by atomic mass is 10.2. The molecule has 1 aromatic carbocycles. The molecular formula is C22H28Cl2N4O3. The van der Waals surface area contributed by atoms with E-state index in [-0.39, 0.29) is 5.91 Å². The summed E-state index contributed by atoms with van der Waals surface area (Å²) in [6.07, 6.45) is 3.58. The molecule has 3 heterocycles. The van der Waals surface area contributed by atoms with Crippen LogP contribution in [-0.2, 0) is 17.8 Å². The van der Waals surface area contributed by atoms with Gasteiger partial charge in [-0.2, -0.15) is 0 Å². The van der Waals surface area contributed by atoms with Gasteiger partial charge in [0, 0.05) is 45.8 Å². The van der Waals surface area contributed by atoms with Crippen molar-refractivity contribution < 1.29 is 13.9 Å². The Morgan fingerprint density at radius 3 is 2.58 bits per heavy atom. The Morgan fingerprint density at radius 1 is 1.06 bits per heavy atom. The molecule has 0 N–H and O–H groups in total. The van der Waals surface area contributed by atoms with Gasteiger partial charge in [0.1, 0.15) is 6.26 Å². The van der Waals surface area contributed by atoms with E-state index in [9.17, 15) is 4.79 Å². The highest BCUT2D eigenvalue weighted by Gasteiger charge is 2.23. The van der Waals surface area contributed by atoms with Crippen LogP contribution in [0.4, 0.5) is 0 Å². The molecule has 0 aliphatic carbocycles. The van der Waals surface area contributed by atoms with Gasteiger partial charge in [0.15, 0.2) is 5.69 Å². The van der Waals surface area contributed by atoms with E-state index in [1.165, 1.54) is 6.26 Å². The van der Waals surface area contributed by atoms with Gasteiger partial charge in [-0.25, -0.2) is 4.98 Å². The van der Waals surface area contributed by atoms with Crippen molar-refractivity contribution in [3.05, 3.63) is 51.7 Å². The lowest BCUT2D eigenvalue weighted by Gasteiger charge is -2.29. The largest absolute Gasteiger partial charge is 0.447 e. The predicted octanol–water partition coefficient (Wildman–Crippen LogP) is 3.55. The third-order valence-electron chi connectivity index (χ3n) is 5.75. The molecule has 0 atom stereocenters. The van der Waals surface area contributed by atoms with Crippen molar-refractivity contribution in [2.45, 2.75) is 25.9 Å². The smallest absolute Gasteiger partial charge is 0.275 e. The Balaban J connectivity index is 1.42. The average Bonchev–Trinajstić information content (AvgIpc) is 3.47. The fourth-order valence-corrected chi connectivity index (χ4v) is 4.29. The summed E-state index contributed by atoms with van der Waals surface area (Å²) in [7, 11) is 0. The standard InChI is InChI=1S/C22H28Cl2N4O3/c23-18-4-3-17(13-19(18)24)14-27(8-7-26-9-11-30-12-10-26)15-21-25-20(16-31-21)22(29)28-5-1-2-6-28/h3-4,13,16H,1-2,5-12,14-15H2. The van der Waals surface area contributed by atoms with Gasteiger partial charge in [0.05, 0.1) is 29.8 Å². The molecule has 9 heteroatoms. The number of carbonyl (C=O) groups excluding carboxylic acids is 1. The van der Waals surface area contributed by atoms with Gasteiger partial charge < -0.3 is 14.1 Å². The predicted molar refractivity (Wildman–Crippen MR) is 119 cm³/mol. The topological polar surface area (TPSA) is 62.1 Å². The van der Waals surface area contributed by atoms with Crippen molar-refractivity contribution in [3.63, 3.8) is 0 Å². The summed E-state index contributed by atoms with van der Waals surface area (Å²) in [6, 6.07) is 5.69. The molecular weight excluding hydrogens is 439 g/mol. The number of hydrogen-bond acceptors (Lipinski definition) is 6. The van der Waals surface area contributed by atoms with Crippen LogP contribution in [0.15, 0.2) is 28.9 Å². The van der Waals surface area contributed by atoms with Gasteiger partial charge in [-0.15, -0.1) is 0 Å². The molecule has 7 nitrogen and oxygen atoms in total. The molecule has 168 valence electrons. The first kappa shape index (κ1) is 22.6. The number of morpholine rings is 1. The zero-order valence-electron chi connectivity index (χ0n) is 17.6. The summed E-state index contributed by atoms with van der Waals surface area (Å²) >= 11 is 12.3. The molecule has 2 fully saturated rings. The molecule has 0 spiro atoms. The molecule has 2 aromatic rings. The van der Waals surface area contributed by atoms with Crippen molar-refractivity contribution in [1.82, 2.24) is 19.7 Å². The van der Waals surface area contributed by atoms with Crippen LogP contribution in [0.5, 0.6) is 0 Å². The molecule has 2 saturated heterocycles. The molecule has 0 bridgehead atoms. The van der Waals surface area contributed by atoms with E-state index in [2.05, 4.69) is 14.8 Å². The Morgan fingerprint density at radius 2 is 1.84 bits per heavy atom. The maximum atomic E-state index is 12.6. The van der Waals surface area contributed by atoms with E-state index >= 15 is 0 Å². The third kappa shape index (κ3) is 6.20. The van der Waals surface area contributed by atoms with Gasteiger partial charge in [-0.3, -0.25) is 14.6 Å². The first-order chi connectivity index (χ1) is 15.1. The first-order valence-corrected chi connectivity index (χ1v) is 11.5. The zero-order chi connectivity index (χ0) is 21.6. The minimum absolute atomic E-state index is 0.0446. The Labute approximate surface area is 192 Å². The highest BCUT2D eigenvalue weighted by Crippen LogP contribution is 2.24. The van der Waals surface area contributed by atoms with Gasteiger partial charge in [-0.1, -0.05) is 29.3 Å². The number of hydrogen-bond donors (Lipinski definition) is 0. The fourth-order valence-electron chi connectivity index (χ4n) is 3.97. The van der Waals surface area contributed by atoms with Crippen molar-refractivity contribution in [3.8, 4) is 0 Å². The Hall–Kier alpha value is -1.64. The van der Waals surface area contributed by atoms with Crippen molar-refractivity contribution in [2.75, 3.05) is 52.5 Å². The summed E-state index contributed by atoms with van der Waals surface area (Å²) in [6.45, 7) is 7.96. The monoisotopic (exact) mass is 466 g/mol. The quantitative estimate of drug-likeness (QED) is 0.592. The highest BCUT2D eigenvalue weighted by molar-refractivity contribution is 6.42. The van der Waals surface area contributed by atoms with Crippen molar-refractivity contribution in [2.24, 2.45) is 0 Å². The zero-order valence-corrected chi connectivity index (χ0v) is 19.1. The molecule has 2 aliphatic rings. The lowest BCUT2D eigenvalue weighted by molar-refractivity contribution is 0.0320. The number of ether oxygens (including phenoxy) is 1. The molecule has 0 saturated carbocycles. The van der Waals surface area contributed by atoms with Gasteiger partial charge >= 0.3 is 0 Å². The van der Waals surface area contributed by atoms with E-state index in [0.717, 1.165) is 70.9 Å². The molecule has 31 heavy (non-hydrogen) atoms. The molecule has 0 unspecified atom stereocenters. The van der Waals surface area contributed by atoms with E-state index in [1.807, 2.05) is 23.1 Å². The molecule has 0 radical (unpaired) electrons. The van der Waals surface area contributed by atoms with Crippen LogP contribution in [0.2, 0.25) is 10.0 Å². The summed E-state index contributed by atoms with van der Waals surface area (Å²) in [5, 5.41) is 1.09. The number of aromatic nitrogens is 1. The van der Waals surface area contributed by atoms with Crippen molar-refractivity contribution >= 4 is 29.1 Å². The Bertz CT molecular complexity index is 879. The highest BCUT2D eigenvalue weighted by atomic mass is 35.5. The first-order valence-electron chi connectivity index (χ1n) is 10.8. The Kier molecular flexibility index (Phi) is 7.85. The average molecular weight is 467 g/mol. The van der Waals surface area contributed by atoms with E-state index < -0.39 is 0 Å². The second-order valence-electron chi connectivity index (χ2n) is 8.04. The summed E-state index contributed by atoms with van der Waals surface area (Å²) in [5.74, 6) is 0.501. The minimum Gasteiger partial charge on any atom is -0.447 e. The summed E-state index contributed by atoms with van der Waals surface area (Å²) in [5.41, 5.74) is 1.45. The lowest BCUT2D eigenvalue weighted by Crippen LogP contribution is -2.41. The normalized spacial score (nSPS) is 17.6. The van der Waals surface area contributed by atoms with Crippen LogP contribution in [0, 0.1) is 0 Å². The van der Waals surface area contributed by atoms with Crippen LogP contribution in [0.25, 0.3) is 0 Å². The van der Waals surface area contributed by atoms with Gasteiger partial charge in [0.25, 0.3) is 5.91 Å². The van der Waals surface area contributed by atoms with E-state index in [0.29, 0.717) is 34.7 Å². The van der Waals surface area contributed by atoms with Gasteiger partial charge in [-0.05, 0) is 30.5 Å². The van der Waals surface area contributed by atoms with Crippen molar-refractivity contribution in [1.29, 1.82) is 0 Å². The maximum Gasteiger partial charge on any atom is 0.275 e. The number of halogens is 2. The maximum absolute atomic E-state index is 12.6. The van der Waals surface area contributed by atoms with Crippen LogP contribution in [0.3, 0.4) is 0 Å². The second-order valence-corrected chi connectivity index (χ2v) is 8.85.